The number of hydrogen-bond donors (Lipinski definition) is 1. The fourth-order valence-corrected chi connectivity index (χ4v) is 7.07. The molecule has 3 aromatic rings. The van der Waals surface area contributed by atoms with Gasteiger partial charge < -0.3 is 9.64 Å². The van der Waals surface area contributed by atoms with Crippen molar-refractivity contribution < 1.29 is 13.2 Å². The first-order chi connectivity index (χ1) is 19.0. The van der Waals surface area contributed by atoms with Gasteiger partial charge in [0.2, 0.25) is 11.8 Å². The number of hydrogen-bond acceptors (Lipinski definition) is 6. The molecule has 2 aliphatic rings. The second-order valence-corrected chi connectivity index (χ2v) is 14.4. The van der Waals surface area contributed by atoms with E-state index in [9.17, 15) is 8.42 Å². The van der Waals surface area contributed by atoms with Gasteiger partial charge in [-0.15, -0.1) is 0 Å². The molecule has 0 amide bonds. The highest BCUT2D eigenvalue weighted by Gasteiger charge is 2.31. The molecule has 0 spiro atoms. The van der Waals surface area contributed by atoms with Crippen LogP contribution in [0.3, 0.4) is 0 Å². The molecule has 4 bridgehead atoms. The molecule has 0 aliphatic carbocycles. The van der Waals surface area contributed by atoms with E-state index in [1.807, 2.05) is 50.2 Å². The Labute approximate surface area is 239 Å². The van der Waals surface area contributed by atoms with Gasteiger partial charge in [0, 0.05) is 24.1 Å². The van der Waals surface area contributed by atoms with E-state index < -0.39 is 10.0 Å². The van der Waals surface area contributed by atoms with Crippen molar-refractivity contribution in [2.75, 3.05) is 31.0 Å². The van der Waals surface area contributed by atoms with Crippen molar-refractivity contribution in [2.45, 2.75) is 65.2 Å². The summed E-state index contributed by atoms with van der Waals surface area (Å²) in [6.45, 7) is 14.6. The normalized spacial score (nSPS) is 21.1. The van der Waals surface area contributed by atoms with Crippen LogP contribution in [0.5, 0.6) is 5.88 Å². The van der Waals surface area contributed by atoms with Crippen LogP contribution in [0, 0.1) is 31.1 Å². The molecular formula is C32H42N4O3S. The Hall–Kier alpha value is -2.97. The van der Waals surface area contributed by atoms with Crippen LogP contribution < -0.4 is 9.46 Å². The van der Waals surface area contributed by atoms with Gasteiger partial charge in [-0.1, -0.05) is 51.1 Å². The zero-order valence-corrected chi connectivity index (χ0v) is 25.2. The lowest BCUT2D eigenvalue weighted by atomic mass is 9.81. The number of nitrogens with one attached hydrogen (secondary N) is 1. The van der Waals surface area contributed by atoms with Crippen molar-refractivity contribution in [3.63, 3.8) is 0 Å². The van der Waals surface area contributed by atoms with Gasteiger partial charge in [0.05, 0.1) is 17.2 Å². The Balaban J connectivity index is 1.50. The van der Waals surface area contributed by atoms with Gasteiger partial charge in [-0.3, -0.25) is 0 Å². The van der Waals surface area contributed by atoms with Crippen LogP contribution >= 0.6 is 0 Å². The van der Waals surface area contributed by atoms with Gasteiger partial charge in [0.15, 0.2) is 0 Å². The van der Waals surface area contributed by atoms with Crippen LogP contribution in [0.1, 0.15) is 56.7 Å². The Kier molecular flexibility index (Phi) is 8.20. The summed E-state index contributed by atoms with van der Waals surface area (Å²) in [4.78, 5) is 12.0. The molecule has 40 heavy (non-hydrogen) atoms. The summed E-state index contributed by atoms with van der Waals surface area (Å²) in [6, 6.07) is 15.2. The number of piperidine rings is 1. The third kappa shape index (κ3) is 6.84. The molecule has 7 nitrogen and oxygen atoms in total. The number of fused-ring (bicyclic) bond motifs is 5. The monoisotopic (exact) mass is 562 g/mol. The van der Waals surface area contributed by atoms with Crippen molar-refractivity contribution in [3.05, 3.63) is 65.2 Å². The first-order valence-electron chi connectivity index (χ1n) is 14.4. The minimum absolute atomic E-state index is 0.0174. The summed E-state index contributed by atoms with van der Waals surface area (Å²) in [6.07, 6.45) is 4.26. The second kappa shape index (κ2) is 11.5. The molecule has 2 aromatic carbocycles. The van der Waals surface area contributed by atoms with Crippen molar-refractivity contribution in [1.82, 2.24) is 14.9 Å². The minimum Gasteiger partial charge on any atom is -0.477 e. The number of aromatic nitrogens is 2. The molecule has 2 aliphatic heterocycles. The first kappa shape index (κ1) is 28.6. The predicted octanol–water partition coefficient (Wildman–Crippen LogP) is 6.26. The summed E-state index contributed by atoms with van der Waals surface area (Å²) in [5.74, 6) is 1.10. The molecular weight excluding hydrogens is 520 g/mol. The molecule has 5 rings (SSSR count). The molecule has 0 saturated carbocycles. The molecule has 1 saturated heterocycles. The van der Waals surface area contributed by atoms with E-state index in [0.29, 0.717) is 35.4 Å². The van der Waals surface area contributed by atoms with E-state index in [1.165, 1.54) is 12.8 Å². The maximum absolute atomic E-state index is 13.4. The van der Waals surface area contributed by atoms with Crippen molar-refractivity contribution in [1.29, 1.82) is 0 Å². The van der Waals surface area contributed by atoms with Crippen molar-refractivity contribution >= 4 is 16.0 Å². The number of nitrogens with zero attached hydrogens (tertiary/aromatic N) is 3. The number of ether oxygens (including phenoxy) is 1. The van der Waals surface area contributed by atoms with E-state index >= 15 is 0 Å². The molecule has 1 N–H and O–H groups in total. The number of likely N-dealkylation sites (tertiary alicyclic amines) is 1. The third-order valence-corrected chi connectivity index (χ3v) is 9.52. The number of rotatable bonds is 4. The molecule has 3 heterocycles. The largest absolute Gasteiger partial charge is 0.477 e. The van der Waals surface area contributed by atoms with E-state index in [-0.39, 0.29) is 10.8 Å². The molecule has 8 heteroatoms. The van der Waals surface area contributed by atoms with E-state index in [4.69, 9.17) is 4.74 Å². The lowest BCUT2D eigenvalue weighted by molar-refractivity contribution is 0.0763. The van der Waals surface area contributed by atoms with Crippen LogP contribution in [0.25, 0.3) is 11.3 Å². The van der Waals surface area contributed by atoms with Crippen LogP contribution in [-0.2, 0) is 16.4 Å². The fourth-order valence-electron chi connectivity index (χ4n) is 6.05. The van der Waals surface area contributed by atoms with Crippen LogP contribution in [0.15, 0.2) is 53.4 Å². The molecule has 2 unspecified atom stereocenters. The van der Waals surface area contributed by atoms with Gasteiger partial charge in [0.1, 0.15) is 0 Å². The highest BCUT2D eigenvalue weighted by molar-refractivity contribution is 7.92. The Morgan fingerprint density at radius 1 is 1.02 bits per heavy atom. The average molecular weight is 563 g/mol. The maximum Gasteiger partial charge on any atom is 0.264 e. The summed E-state index contributed by atoms with van der Waals surface area (Å²) in [7, 11) is -3.88. The van der Waals surface area contributed by atoms with E-state index in [1.54, 1.807) is 12.1 Å². The average Bonchev–Trinajstić information content (AvgIpc) is 2.87. The minimum atomic E-state index is -3.88. The predicted molar refractivity (Wildman–Crippen MR) is 160 cm³/mol. The Bertz CT molecular complexity index is 1440. The Morgan fingerprint density at radius 3 is 2.52 bits per heavy atom. The van der Waals surface area contributed by atoms with E-state index in [0.717, 1.165) is 54.7 Å². The summed E-state index contributed by atoms with van der Waals surface area (Å²) < 4.78 is 35.8. The molecule has 1 fully saturated rings. The first-order valence-corrected chi connectivity index (χ1v) is 15.9. The zero-order valence-electron chi connectivity index (χ0n) is 24.4. The van der Waals surface area contributed by atoms with Crippen LogP contribution in [0.4, 0.5) is 5.95 Å². The molecule has 2 atom stereocenters. The van der Waals surface area contributed by atoms with Gasteiger partial charge >= 0.3 is 0 Å². The lowest BCUT2D eigenvalue weighted by Gasteiger charge is -2.39. The standard InChI is InChI=1S/C32H42N4O3S/c1-22-9-6-10-23(2)30(22)28-19-29-34-31(33-28)35-40(37,38)27-12-7-11-24(18-27)17-25-13-16-36(20-26(25)21-39-29)15-8-14-32(3,4)5/h6-7,9-12,18-19,25-26H,8,13-17,20-21H2,1-5H3,(H,33,34,35). The number of aryl methyl sites for hydroxylation is 2. The molecule has 0 radical (unpaired) electrons. The highest BCUT2D eigenvalue weighted by atomic mass is 32.2. The third-order valence-electron chi connectivity index (χ3n) is 8.19. The molecule has 214 valence electrons. The SMILES string of the molecule is Cc1cccc(C)c1-c1cc2nc(n1)NS(=O)(=O)c1cccc(c1)CC1CCN(CCCC(C)(C)C)CC1CO2. The van der Waals surface area contributed by atoms with Gasteiger partial charge in [-0.05, 0) is 92.8 Å². The topological polar surface area (TPSA) is 84.4 Å². The summed E-state index contributed by atoms with van der Waals surface area (Å²) in [5.41, 5.74) is 5.09. The Morgan fingerprint density at radius 2 is 1.77 bits per heavy atom. The number of sulfonamides is 1. The van der Waals surface area contributed by atoms with Crippen LogP contribution in [0.2, 0.25) is 0 Å². The smallest absolute Gasteiger partial charge is 0.264 e. The van der Waals surface area contributed by atoms with Crippen molar-refractivity contribution in [3.8, 4) is 17.1 Å². The second-order valence-electron chi connectivity index (χ2n) is 12.7. The van der Waals surface area contributed by atoms with Gasteiger partial charge in [-0.25, -0.2) is 18.1 Å². The number of anilines is 1. The van der Waals surface area contributed by atoms with E-state index in [2.05, 4.69) is 40.4 Å². The maximum atomic E-state index is 13.4. The van der Waals surface area contributed by atoms with Gasteiger partial charge in [-0.2, -0.15) is 4.98 Å². The molecule has 1 aromatic heterocycles. The zero-order chi connectivity index (χ0) is 28.5. The summed E-state index contributed by atoms with van der Waals surface area (Å²) >= 11 is 0. The van der Waals surface area contributed by atoms with Gasteiger partial charge in [0.25, 0.3) is 10.0 Å². The summed E-state index contributed by atoms with van der Waals surface area (Å²) in [5, 5.41) is 0. The van der Waals surface area contributed by atoms with Crippen molar-refractivity contribution in [2.24, 2.45) is 17.3 Å². The van der Waals surface area contributed by atoms with Crippen LogP contribution in [-0.4, -0.2) is 49.5 Å². The number of benzene rings is 2. The fraction of sp³-hybridized carbons (Fsp3) is 0.500. The lowest BCUT2D eigenvalue weighted by Crippen LogP contribution is -2.44. The quantitative estimate of drug-likeness (QED) is 0.404. The highest BCUT2D eigenvalue weighted by Crippen LogP contribution is 2.33.